The number of amides is 1. The second kappa shape index (κ2) is 3.25. The molecule has 2 nitrogen and oxygen atoms in total. The summed E-state index contributed by atoms with van der Waals surface area (Å²) in [5.74, 6) is 1.29. The lowest BCUT2D eigenvalue weighted by atomic mass is 9.62. The van der Waals surface area contributed by atoms with Crippen molar-refractivity contribution in [3.8, 4) is 0 Å². The molecule has 2 fully saturated rings. The van der Waals surface area contributed by atoms with Crippen LogP contribution in [0.3, 0.4) is 0 Å². The Hall–Kier alpha value is -0.530. The maximum atomic E-state index is 11.7. The molecule has 0 aromatic carbocycles. The SMILES string of the molecule is CC1CCCC2(C1)C(C)NC(=O)C2C. The molecular weight excluding hydrogens is 174 g/mol. The summed E-state index contributed by atoms with van der Waals surface area (Å²) >= 11 is 0. The van der Waals surface area contributed by atoms with Gasteiger partial charge in [-0.2, -0.15) is 0 Å². The standard InChI is InChI=1S/C12H21NO/c1-8-5-4-6-12(7-8)9(2)11(14)13-10(12)3/h8-10H,4-7H2,1-3H3,(H,13,14). The number of nitrogens with one attached hydrogen (secondary N) is 1. The quantitative estimate of drug-likeness (QED) is 0.631. The molecule has 1 N–H and O–H groups in total. The molecule has 1 spiro atoms. The van der Waals surface area contributed by atoms with Crippen molar-refractivity contribution in [2.45, 2.75) is 52.5 Å². The fourth-order valence-corrected chi connectivity index (χ4v) is 3.54. The molecule has 0 aromatic rings. The van der Waals surface area contributed by atoms with Crippen LogP contribution in [0, 0.1) is 17.3 Å². The van der Waals surface area contributed by atoms with Crippen molar-refractivity contribution in [1.82, 2.24) is 5.32 Å². The van der Waals surface area contributed by atoms with E-state index in [2.05, 4.69) is 26.1 Å². The highest BCUT2D eigenvalue weighted by Gasteiger charge is 2.51. The summed E-state index contributed by atoms with van der Waals surface area (Å²) in [6.45, 7) is 6.61. The van der Waals surface area contributed by atoms with Gasteiger partial charge in [0.25, 0.3) is 0 Å². The lowest BCUT2D eigenvalue weighted by molar-refractivity contribution is -0.123. The summed E-state index contributed by atoms with van der Waals surface area (Å²) in [6, 6.07) is 0.382. The van der Waals surface area contributed by atoms with Gasteiger partial charge in [-0.15, -0.1) is 0 Å². The van der Waals surface area contributed by atoms with E-state index in [1.54, 1.807) is 0 Å². The van der Waals surface area contributed by atoms with Crippen molar-refractivity contribution >= 4 is 5.91 Å². The molecule has 4 unspecified atom stereocenters. The van der Waals surface area contributed by atoms with Gasteiger partial charge in [0.05, 0.1) is 0 Å². The summed E-state index contributed by atoms with van der Waals surface area (Å²) in [6.07, 6.45) is 5.10. The van der Waals surface area contributed by atoms with Crippen molar-refractivity contribution in [2.24, 2.45) is 17.3 Å². The van der Waals surface area contributed by atoms with Gasteiger partial charge in [-0.3, -0.25) is 4.79 Å². The minimum absolute atomic E-state index is 0.222. The summed E-state index contributed by atoms with van der Waals surface area (Å²) in [4.78, 5) is 11.7. The first kappa shape index (κ1) is 10.0. The Labute approximate surface area is 86.5 Å². The Bertz CT molecular complexity index is 251. The summed E-state index contributed by atoms with van der Waals surface area (Å²) in [5.41, 5.74) is 0.273. The normalized spacial score (nSPS) is 48.2. The zero-order valence-corrected chi connectivity index (χ0v) is 9.47. The molecule has 1 aliphatic heterocycles. The van der Waals surface area contributed by atoms with E-state index < -0.39 is 0 Å². The first-order chi connectivity index (χ1) is 6.56. The van der Waals surface area contributed by atoms with Crippen LogP contribution in [0.25, 0.3) is 0 Å². The molecule has 0 radical (unpaired) electrons. The molecule has 4 atom stereocenters. The zero-order valence-electron chi connectivity index (χ0n) is 9.47. The molecule has 0 aromatic heterocycles. The highest BCUT2D eigenvalue weighted by atomic mass is 16.2. The Balaban J connectivity index is 2.24. The molecule has 1 amide bonds. The third kappa shape index (κ3) is 1.27. The zero-order chi connectivity index (χ0) is 10.3. The van der Waals surface area contributed by atoms with Crippen molar-refractivity contribution in [3.63, 3.8) is 0 Å². The highest BCUT2D eigenvalue weighted by molar-refractivity contribution is 5.82. The largest absolute Gasteiger partial charge is 0.353 e. The van der Waals surface area contributed by atoms with Gasteiger partial charge in [0, 0.05) is 17.4 Å². The minimum Gasteiger partial charge on any atom is -0.353 e. The van der Waals surface area contributed by atoms with Gasteiger partial charge in [0.2, 0.25) is 5.91 Å². The van der Waals surface area contributed by atoms with Crippen LogP contribution in [0.4, 0.5) is 0 Å². The molecule has 1 saturated carbocycles. The highest BCUT2D eigenvalue weighted by Crippen LogP contribution is 2.50. The van der Waals surface area contributed by atoms with Gasteiger partial charge in [0.15, 0.2) is 0 Å². The third-order valence-electron chi connectivity index (χ3n) is 4.54. The molecular formula is C12H21NO. The first-order valence-electron chi connectivity index (χ1n) is 5.86. The average molecular weight is 195 g/mol. The lowest BCUT2D eigenvalue weighted by Crippen LogP contribution is -2.40. The molecule has 1 saturated heterocycles. The fraction of sp³-hybridized carbons (Fsp3) is 0.917. The Kier molecular flexibility index (Phi) is 2.32. The van der Waals surface area contributed by atoms with Crippen LogP contribution in [0.2, 0.25) is 0 Å². The van der Waals surface area contributed by atoms with E-state index >= 15 is 0 Å². The maximum Gasteiger partial charge on any atom is 0.223 e. The van der Waals surface area contributed by atoms with Crippen molar-refractivity contribution in [2.75, 3.05) is 0 Å². The number of hydrogen-bond donors (Lipinski definition) is 1. The van der Waals surface area contributed by atoms with Gasteiger partial charge in [-0.25, -0.2) is 0 Å². The predicted octanol–water partition coefficient (Wildman–Crippen LogP) is 2.34. The van der Waals surface area contributed by atoms with Crippen LogP contribution in [-0.2, 0) is 4.79 Å². The van der Waals surface area contributed by atoms with Crippen LogP contribution in [0.15, 0.2) is 0 Å². The molecule has 2 heteroatoms. The molecule has 0 bridgehead atoms. The predicted molar refractivity (Wildman–Crippen MR) is 56.8 cm³/mol. The molecule has 2 rings (SSSR count). The van der Waals surface area contributed by atoms with Crippen LogP contribution in [0.5, 0.6) is 0 Å². The van der Waals surface area contributed by atoms with E-state index in [-0.39, 0.29) is 17.2 Å². The van der Waals surface area contributed by atoms with Gasteiger partial charge in [0.1, 0.15) is 0 Å². The topological polar surface area (TPSA) is 29.1 Å². The number of hydrogen-bond acceptors (Lipinski definition) is 1. The van der Waals surface area contributed by atoms with Gasteiger partial charge in [-0.05, 0) is 25.7 Å². The Morgan fingerprint density at radius 1 is 1.36 bits per heavy atom. The summed E-state index contributed by atoms with van der Waals surface area (Å²) in [5, 5.41) is 3.11. The smallest absolute Gasteiger partial charge is 0.223 e. The fourth-order valence-electron chi connectivity index (χ4n) is 3.54. The molecule has 2 aliphatic rings. The van der Waals surface area contributed by atoms with Crippen molar-refractivity contribution in [1.29, 1.82) is 0 Å². The molecule has 14 heavy (non-hydrogen) atoms. The lowest BCUT2D eigenvalue weighted by Gasteiger charge is -2.41. The van der Waals surface area contributed by atoms with Crippen LogP contribution >= 0.6 is 0 Å². The van der Waals surface area contributed by atoms with Crippen LogP contribution in [0.1, 0.15) is 46.5 Å². The molecule has 1 heterocycles. The third-order valence-corrected chi connectivity index (χ3v) is 4.54. The Morgan fingerprint density at radius 3 is 2.57 bits per heavy atom. The monoisotopic (exact) mass is 195 g/mol. The number of carbonyl (C=O) groups is 1. The molecule has 80 valence electrons. The molecule has 1 aliphatic carbocycles. The summed E-state index contributed by atoms with van der Waals surface area (Å²) in [7, 11) is 0. The van der Waals surface area contributed by atoms with Crippen molar-refractivity contribution in [3.05, 3.63) is 0 Å². The summed E-state index contributed by atoms with van der Waals surface area (Å²) < 4.78 is 0. The number of carbonyl (C=O) groups excluding carboxylic acids is 1. The van der Waals surface area contributed by atoms with E-state index in [1.165, 1.54) is 25.7 Å². The van der Waals surface area contributed by atoms with Crippen LogP contribution < -0.4 is 5.32 Å². The first-order valence-corrected chi connectivity index (χ1v) is 5.86. The van der Waals surface area contributed by atoms with Gasteiger partial charge in [-0.1, -0.05) is 26.7 Å². The van der Waals surface area contributed by atoms with E-state index in [9.17, 15) is 4.79 Å². The van der Waals surface area contributed by atoms with Gasteiger partial charge < -0.3 is 5.32 Å². The van der Waals surface area contributed by atoms with E-state index in [1.807, 2.05) is 0 Å². The van der Waals surface area contributed by atoms with Gasteiger partial charge >= 0.3 is 0 Å². The van der Waals surface area contributed by atoms with E-state index in [0.717, 1.165) is 5.92 Å². The Morgan fingerprint density at radius 2 is 2.07 bits per heavy atom. The van der Waals surface area contributed by atoms with E-state index in [0.29, 0.717) is 6.04 Å². The van der Waals surface area contributed by atoms with E-state index in [4.69, 9.17) is 0 Å². The number of rotatable bonds is 0. The minimum atomic E-state index is 0.222. The van der Waals surface area contributed by atoms with Crippen LogP contribution in [-0.4, -0.2) is 11.9 Å². The van der Waals surface area contributed by atoms with Crippen molar-refractivity contribution < 1.29 is 4.79 Å². The second-order valence-corrected chi connectivity index (χ2v) is 5.39. The maximum absolute atomic E-state index is 11.7. The second-order valence-electron chi connectivity index (χ2n) is 5.39. The average Bonchev–Trinajstić information content (AvgIpc) is 2.32.